The van der Waals surface area contributed by atoms with E-state index in [-0.39, 0.29) is 0 Å². The van der Waals surface area contributed by atoms with E-state index < -0.39 is 0 Å². The number of pyridine rings is 1. The Bertz CT molecular complexity index is 779. The van der Waals surface area contributed by atoms with Gasteiger partial charge < -0.3 is 10.2 Å². The largest absolute Gasteiger partial charge is 0.357 e. The fraction of sp³-hybridized carbons (Fsp3) is 0.278. The first kappa shape index (κ1) is 15.1. The van der Waals surface area contributed by atoms with Gasteiger partial charge in [-0.3, -0.25) is 0 Å². The highest BCUT2D eigenvalue weighted by Crippen LogP contribution is 2.22. The minimum absolute atomic E-state index is 0.705. The Morgan fingerprint density at radius 3 is 2.62 bits per heavy atom. The van der Waals surface area contributed by atoms with E-state index in [1.54, 1.807) is 0 Å². The third-order valence-electron chi connectivity index (χ3n) is 4.14. The lowest BCUT2D eigenvalue weighted by Gasteiger charge is -2.16. The van der Waals surface area contributed by atoms with E-state index in [2.05, 4.69) is 36.7 Å². The number of anilines is 2. The van der Waals surface area contributed by atoms with Gasteiger partial charge in [0.15, 0.2) is 5.82 Å². The summed E-state index contributed by atoms with van der Waals surface area (Å²) in [5.41, 5.74) is 2.19. The van der Waals surface area contributed by atoms with Gasteiger partial charge in [0, 0.05) is 42.9 Å². The van der Waals surface area contributed by atoms with Crippen LogP contribution in [0.3, 0.4) is 0 Å². The third kappa shape index (κ3) is 3.38. The fourth-order valence-corrected chi connectivity index (χ4v) is 3.42. The molecule has 5 nitrogen and oxygen atoms in total. The minimum Gasteiger partial charge on any atom is -0.357 e. The topological polar surface area (TPSA) is 53.9 Å². The van der Waals surface area contributed by atoms with Gasteiger partial charge in [0.2, 0.25) is 5.13 Å². The van der Waals surface area contributed by atoms with Crippen LogP contribution in [0.1, 0.15) is 18.4 Å². The van der Waals surface area contributed by atoms with Crippen LogP contribution in [0.25, 0.3) is 11.4 Å². The SMILES string of the molecule is c1ccc(-c2nsc(NCc3ccc(N4CCCC4)nc3)n2)cc1. The summed E-state index contributed by atoms with van der Waals surface area (Å²) < 4.78 is 4.41. The van der Waals surface area contributed by atoms with Gasteiger partial charge in [-0.25, -0.2) is 4.98 Å². The highest BCUT2D eigenvalue weighted by molar-refractivity contribution is 7.09. The van der Waals surface area contributed by atoms with Crippen LogP contribution in [-0.4, -0.2) is 27.4 Å². The summed E-state index contributed by atoms with van der Waals surface area (Å²) >= 11 is 1.39. The smallest absolute Gasteiger partial charge is 0.203 e. The van der Waals surface area contributed by atoms with Crippen molar-refractivity contribution >= 4 is 22.5 Å². The summed E-state index contributed by atoms with van der Waals surface area (Å²) in [5, 5.41) is 4.16. The van der Waals surface area contributed by atoms with Crippen LogP contribution in [0, 0.1) is 0 Å². The molecule has 3 heterocycles. The molecule has 0 aliphatic carbocycles. The molecule has 24 heavy (non-hydrogen) atoms. The molecule has 0 amide bonds. The summed E-state index contributed by atoms with van der Waals surface area (Å²) in [6.45, 7) is 2.95. The van der Waals surface area contributed by atoms with Crippen molar-refractivity contribution in [2.24, 2.45) is 0 Å². The van der Waals surface area contributed by atoms with Crippen LogP contribution in [0.5, 0.6) is 0 Å². The molecule has 2 aromatic heterocycles. The molecule has 0 unspecified atom stereocenters. The Morgan fingerprint density at radius 2 is 1.88 bits per heavy atom. The van der Waals surface area contributed by atoms with Crippen molar-refractivity contribution in [3.63, 3.8) is 0 Å². The van der Waals surface area contributed by atoms with Crippen LogP contribution in [0.4, 0.5) is 10.9 Å². The van der Waals surface area contributed by atoms with Gasteiger partial charge in [0.1, 0.15) is 5.82 Å². The predicted molar refractivity (Wildman–Crippen MR) is 98.4 cm³/mol. The molecule has 6 heteroatoms. The monoisotopic (exact) mass is 337 g/mol. The minimum atomic E-state index is 0.705. The number of benzene rings is 1. The van der Waals surface area contributed by atoms with E-state index in [0.29, 0.717) is 6.54 Å². The summed E-state index contributed by atoms with van der Waals surface area (Å²) in [6, 6.07) is 14.3. The molecule has 122 valence electrons. The quantitative estimate of drug-likeness (QED) is 0.767. The maximum Gasteiger partial charge on any atom is 0.203 e. The Balaban J connectivity index is 1.37. The second-order valence-corrected chi connectivity index (χ2v) is 6.61. The Morgan fingerprint density at radius 1 is 1.04 bits per heavy atom. The van der Waals surface area contributed by atoms with Gasteiger partial charge in [-0.1, -0.05) is 36.4 Å². The molecule has 4 rings (SSSR count). The summed E-state index contributed by atoms with van der Waals surface area (Å²) in [4.78, 5) is 11.5. The van der Waals surface area contributed by atoms with Crippen LogP contribution >= 0.6 is 11.5 Å². The van der Waals surface area contributed by atoms with Gasteiger partial charge in [0.25, 0.3) is 0 Å². The van der Waals surface area contributed by atoms with E-state index in [0.717, 1.165) is 41.0 Å². The summed E-state index contributed by atoms with van der Waals surface area (Å²) in [6.07, 6.45) is 4.48. The first-order chi connectivity index (χ1) is 11.9. The normalized spacial score (nSPS) is 14.1. The van der Waals surface area contributed by atoms with Gasteiger partial charge in [-0.2, -0.15) is 9.36 Å². The zero-order chi connectivity index (χ0) is 16.2. The Hall–Kier alpha value is -2.47. The van der Waals surface area contributed by atoms with E-state index in [1.807, 2.05) is 36.5 Å². The van der Waals surface area contributed by atoms with E-state index in [4.69, 9.17) is 0 Å². The maximum absolute atomic E-state index is 4.58. The lowest BCUT2D eigenvalue weighted by atomic mass is 10.2. The number of aromatic nitrogens is 3. The molecular weight excluding hydrogens is 318 g/mol. The molecule has 1 fully saturated rings. The molecule has 0 saturated carbocycles. The van der Waals surface area contributed by atoms with Crippen molar-refractivity contribution in [3.8, 4) is 11.4 Å². The van der Waals surface area contributed by atoms with E-state index >= 15 is 0 Å². The van der Waals surface area contributed by atoms with Crippen molar-refractivity contribution in [1.29, 1.82) is 0 Å². The molecule has 0 spiro atoms. The first-order valence-electron chi connectivity index (χ1n) is 8.21. The summed E-state index contributed by atoms with van der Waals surface area (Å²) in [7, 11) is 0. The fourth-order valence-electron chi connectivity index (χ4n) is 2.83. The van der Waals surface area contributed by atoms with Crippen LogP contribution in [0.15, 0.2) is 48.7 Å². The number of hydrogen-bond donors (Lipinski definition) is 1. The zero-order valence-electron chi connectivity index (χ0n) is 13.4. The van der Waals surface area contributed by atoms with Crippen molar-refractivity contribution in [2.75, 3.05) is 23.3 Å². The van der Waals surface area contributed by atoms with Crippen molar-refractivity contribution in [1.82, 2.24) is 14.3 Å². The summed E-state index contributed by atoms with van der Waals surface area (Å²) in [5.74, 6) is 1.85. The predicted octanol–water partition coefficient (Wildman–Crippen LogP) is 3.81. The molecule has 1 aliphatic rings. The van der Waals surface area contributed by atoms with Crippen LogP contribution in [0.2, 0.25) is 0 Å². The van der Waals surface area contributed by atoms with Crippen molar-refractivity contribution in [2.45, 2.75) is 19.4 Å². The van der Waals surface area contributed by atoms with Crippen molar-refractivity contribution in [3.05, 3.63) is 54.2 Å². The van der Waals surface area contributed by atoms with Gasteiger partial charge >= 0.3 is 0 Å². The van der Waals surface area contributed by atoms with Crippen LogP contribution < -0.4 is 10.2 Å². The standard InChI is InChI=1S/C18H19N5S/c1-2-6-15(7-3-1)17-21-18(24-22-17)20-13-14-8-9-16(19-12-14)23-10-4-5-11-23/h1-3,6-9,12H,4-5,10-11,13H2,(H,20,21,22). The first-order valence-corrected chi connectivity index (χ1v) is 8.99. The van der Waals surface area contributed by atoms with Gasteiger partial charge in [0.05, 0.1) is 0 Å². The maximum atomic E-state index is 4.58. The lowest BCUT2D eigenvalue weighted by molar-refractivity contribution is 0.932. The molecule has 0 bridgehead atoms. The molecular formula is C18H19N5S. The number of hydrogen-bond acceptors (Lipinski definition) is 6. The average molecular weight is 337 g/mol. The third-order valence-corrected chi connectivity index (χ3v) is 4.81. The zero-order valence-corrected chi connectivity index (χ0v) is 14.2. The lowest BCUT2D eigenvalue weighted by Crippen LogP contribution is -2.18. The van der Waals surface area contributed by atoms with Crippen LogP contribution in [-0.2, 0) is 6.54 Å². The highest BCUT2D eigenvalue weighted by atomic mass is 32.1. The molecule has 1 saturated heterocycles. The Kier molecular flexibility index (Phi) is 4.38. The highest BCUT2D eigenvalue weighted by Gasteiger charge is 2.13. The molecule has 3 aromatic rings. The van der Waals surface area contributed by atoms with Gasteiger partial charge in [-0.05, 0) is 24.5 Å². The Labute approximate surface area is 145 Å². The van der Waals surface area contributed by atoms with E-state index in [9.17, 15) is 0 Å². The molecule has 1 aliphatic heterocycles. The molecule has 0 radical (unpaired) electrons. The molecule has 1 N–H and O–H groups in total. The van der Waals surface area contributed by atoms with Gasteiger partial charge in [-0.15, -0.1) is 0 Å². The number of nitrogens with zero attached hydrogens (tertiary/aromatic N) is 4. The number of rotatable bonds is 5. The second kappa shape index (κ2) is 6.97. The average Bonchev–Trinajstić information content (AvgIpc) is 3.33. The second-order valence-electron chi connectivity index (χ2n) is 5.86. The molecule has 0 atom stereocenters. The van der Waals surface area contributed by atoms with Crippen molar-refractivity contribution < 1.29 is 0 Å². The van der Waals surface area contributed by atoms with E-state index in [1.165, 1.54) is 24.4 Å². The molecule has 1 aromatic carbocycles. The number of nitrogens with one attached hydrogen (secondary N) is 1.